The van der Waals surface area contributed by atoms with E-state index in [0.717, 1.165) is 54.4 Å². The molecule has 4 nitrogen and oxygen atoms in total. The number of pyridine rings is 1. The molecule has 0 atom stereocenters. The molecule has 10 rings (SSSR count). The third-order valence-electron chi connectivity index (χ3n) is 9.56. The summed E-state index contributed by atoms with van der Waals surface area (Å²) in [5, 5.41) is 5.85. The summed E-state index contributed by atoms with van der Waals surface area (Å²) in [6.07, 6.45) is 1.87. The van der Waals surface area contributed by atoms with E-state index in [1.54, 1.807) is 11.3 Å². The lowest BCUT2D eigenvalue weighted by atomic mass is 9.96. The topological polar surface area (TPSA) is 51.6 Å². The van der Waals surface area contributed by atoms with Crippen LogP contribution in [0.15, 0.2) is 170 Å². The Balaban J connectivity index is 1.20. The Labute approximate surface area is 298 Å². The molecule has 0 unspecified atom stereocenters. The molecule has 0 aliphatic rings. The Morgan fingerprint density at radius 3 is 1.76 bits per heavy atom. The van der Waals surface area contributed by atoms with Crippen LogP contribution in [-0.2, 0) is 0 Å². The predicted octanol–water partition coefficient (Wildman–Crippen LogP) is 12.3. The molecule has 238 valence electrons. The summed E-state index contributed by atoms with van der Waals surface area (Å²) in [7, 11) is 0. The fourth-order valence-electron chi connectivity index (χ4n) is 6.99. The maximum absolute atomic E-state index is 5.22. The summed E-state index contributed by atoms with van der Waals surface area (Å²) in [6, 6.07) is 57.4. The third kappa shape index (κ3) is 5.23. The maximum atomic E-state index is 5.22. The van der Waals surface area contributed by atoms with Gasteiger partial charge in [-0.15, -0.1) is 11.3 Å². The van der Waals surface area contributed by atoms with Gasteiger partial charge in [-0.1, -0.05) is 133 Å². The first-order valence-electron chi connectivity index (χ1n) is 17.0. The molecule has 3 heterocycles. The number of benzene rings is 7. The lowest BCUT2D eigenvalue weighted by Crippen LogP contribution is -2.00. The molecule has 0 fully saturated rings. The average molecular weight is 669 g/mol. The molecule has 0 N–H and O–H groups in total. The highest BCUT2D eigenvalue weighted by Gasteiger charge is 2.19. The molecule has 5 heteroatoms. The van der Waals surface area contributed by atoms with Crippen LogP contribution in [0.5, 0.6) is 0 Å². The summed E-state index contributed by atoms with van der Waals surface area (Å²) >= 11 is 1.78. The molecule has 0 spiro atoms. The SMILES string of the molecule is c1ccc(-c2ccc(-c3nc(-c4ccccc4)nc(-c4cc(-c5ccc6ccc7cccnc7c6c5)cc5c4sc4ccccc45)n3)cc2)cc1. The standard InChI is InChI=1S/C46H28N4S/c1-3-10-29(11-4-1)30-17-22-34(23-18-30)45-48-44(33-12-5-2-6-13-33)49-46(50-45)40-28-36(27-39-37-15-7-8-16-41(37)51-43(39)40)35-24-20-31-19-21-32-14-9-25-47-42(32)38(31)26-35/h1-28H. The van der Waals surface area contributed by atoms with Gasteiger partial charge in [0.05, 0.1) is 5.52 Å². The minimum absolute atomic E-state index is 0.640. The van der Waals surface area contributed by atoms with E-state index in [0.29, 0.717) is 17.5 Å². The molecule has 0 aliphatic heterocycles. The average Bonchev–Trinajstić information content (AvgIpc) is 3.59. The summed E-state index contributed by atoms with van der Waals surface area (Å²) in [5.74, 6) is 1.93. The quantitative estimate of drug-likeness (QED) is 0.171. The van der Waals surface area contributed by atoms with Crippen LogP contribution in [0.3, 0.4) is 0 Å². The number of thiophene rings is 1. The van der Waals surface area contributed by atoms with Crippen LogP contribution in [-0.4, -0.2) is 19.9 Å². The molecule has 7 aromatic carbocycles. The van der Waals surface area contributed by atoms with E-state index < -0.39 is 0 Å². The molecule has 0 radical (unpaired) electrons. The highest BCUT2D eigenvalue weighted by Crippen LogP contribution is 2.43. The Hall–Kier alpha value is -6.56. The van der Waals surface area contributed by atoms with Gasteiger partial charge in [-0.2, -0.15) is 0 Å². The molecule has 0 amide bonds. The number of rotatable bonds is 5. The van der Waals surface area contributed by atoms with Crippen molar-refractivity contribution < 1.29 is 0 Å². The molecule has 10 aromatic rings. The first kappa shape index (κ1) is 29.4. The van der Waals surface area contributed by atoms with Crippen molar-refractivity contribution in [2.45, 2.75) is 0 Å². The molecule has 0 aliphatic carbocycles. The normalized spacial score (nSPS) is 11.5. The lowest BCUT2D eigenvalue weighted by molar-refractivity contribution is 1.08. The summed E-state index contributed by atoms with van der Waals surface area (Å²) < 4.78 is 2.39. The maximum Gasteiger partial charge on any atom is 0.165 e. The number of hydrogen-bond acceptors (Lipinski definition) is 5. The Morgan fingerprint density at radius 1 is 0.373 bits per heavy atom. The van der Waals surface area contributed by atoms with Crippen LogP contribution in [0.25, 0.3) is 98.3 Å². The van der Waals surface area contributed by atoms with Gasteiger partial charge in [0.1, 0.15) is 0 Å². The molecular weight excluding hydrogens is 641 g/mol. The number of fused-ring (bicyclic) bond motifs is 6. The molecule has 3 aromatic heterocycles. The van der Waals surface area contributed by atoms with Crippen molar-refractivity contribution in [2.24, 2.45) is 0 Å². The first-order valence-corrected chi connectivity index (χ1v) is 17.8. The Morgan fingerprint density at radius 2 is 0.961 bits per heavy atom. The number of nitrogens with zero attached hydrogens (tertiary/aromatic N) is 4. The van der Waals surface area contributed by atoms with Crippen LogP contribution >= 0.6 is 11.3 Å². The Bertz CT molecular complexity index is 2900. The smallest absolute Gasteiger partial charge is 0.165 e. The van der Waals surface area contributed by atoms with Crippen molar-refractivity contribution in [3.05, 3.63) is 170 Å². The molecule has 0 saturated heterocycles. The van der Waals surface area contributed by atoms with E-state index >= 15 is 0 Å². The van der Waals surface area contributed by atoms with Crippen LogP contribution in [0.4, 0.5) is 0 Å². The second kappa shape index (κ2) is 12.1. The zero-order chi connectivity index (χ0) is 33.7. The van der Waals surface area contributed by atoms with Crippen molar-refractivity contribution >= 4 is 53.2 Å². The number of hydrogen-bond donors (Lipinski definition) is 0. The summed E-state index contributed by atoms with van der Waals surface area (Å²) in [6.45, 7) is 0. The van der Waals surface area contributed by atoms with E-state index in [1.807, 2.05) is 36.5 Å². The molecular formula is C46H28N4S. The minimum atomic E-state index is 0.640. The van der Waals surface area contributed by atoms with E-state index in [2.05, 4.69) is 133 Å². The highest BCUT2D eigenvalue weighted by molar-refractivity contribution is 7.26. The zero-order valence-corrected chi connectivity index (χ0v) is 28.2. The summed E-state index contributed by atoms with van der Waals surface area (Å²) in [4.78, 5) is 20.2. The van der Waals surface area contributed by atoms with Gasteiger partial charge in [-0.05, 0) is 58.0 Å². The Kier molecular flexibility index (Phi) is 6.96. The van der Waals surface area contributed by atoms with E-state index in [9.17, 15) is 0 Å². The van der Waals surface area contributed by atoms with Crippen molar-refractivity contribution in [1.29, 1.82) is 0 Å². The van der Waals surface area contributed by atoms with E-state index in [1.165, 1.54) is 26.4 Å². The van der Waals surface area contributed by atoms with Crippen molar-refractivity contribution in [3.63, 3.8) is 0 Å². The van der Waals surface area contributed by atoms with E-state index in [-0.39, 0.29) is 0 Å². The first-order chi connectivity index (χ1) is 25.2. The van der Waals surface area contributed by atoms with Gasteiger partial charge < -0.3 is 0 Å². The lowest BCUT2D eigenvalue weighted by Gasteiger charge is -2.12. The molecule has 0 bridgehead atoms. The second-order valence-electron chi connectivity index (χ2n) is 12.7. The third-order valence-corrected chi connectivity index (χ3v) is 10.8. The molecule has 51 heavy (non-hydrogen) atoms. The van der Waals surface area contributed by atoms with Gasteiger partial charge in [-0.3, -0.25) is 4.98 Å². The van der Waals surface area contributed by atoms with E-state index in [4.69, 9.17) is 19.9 Å². The van der Waals surface area contributed by atoms with Gasteiger partial charge in [0.15, 0.2) is 17.5 Å². The van der Waals surface area contributed by atoms with Crippen molar-refractivity contribution in [3.8, 4) is 56.4 Å². The monoisotopic (exact) mass is 668 g/mol. The predicted molar refractivity (Wildman–Crippen MR) is 213 cm³/mol. The highest BCUT2D eigenvalue weighted by atomic mass is 32.1. The minimum Gasteiger partial charge on any atom is -0.256 e. The van der Waals surface area contributed by atoms with Crippen LogP contribution in [0, 0.1) is 0 Å². The fourth-order valence-corrected chi connectivity index (χ4v) is 8.18. The van der Waals surface area contributed by atoms with Crippen molar-refractivity contribution in [2.75, 3.05) is 0 Å². The number of aromatic nitrogens is 4. The molecule has 0 saturated carbocycles. The largest absolute Gasteiger partial charge is 0.256 e. The fraction of sp³-hybridized carbons (Fsp3) is 0. The van der Waals surface area contributed by atoms with Crippen LogP contribution in [0.1, 0.15) is 0 Å². The summed E-state index contributed by atoms with van der Waals surface area (Å²) in [5.41, 5.74) is 8.42. The van der Waals surface area contributed by atoms with Crippen LogP contribution < -0.4 is 0 Å². The van der Waals surface area contributed by atoms with Gasteiger partial charge >= 0.3 is 0 Å². The van der Waals surface area contributed by atoms with Crippen molar-refractivity contribution in [1.82, 2.24) is 19.9 Å². The van der Waals surface area contributed by atoms with Gasteiger partial charge in [0.2, 0.25) is 0 Å². The van der Waals surface area contributed by atoms with Gasteiger partial charge in [0, 0.05) is 53.8 Å². The van der Waals surface area contributed by atoms with Crippen LogP contribution in [0.2, 0.25) is 0 Å². The van der Waals surface area contributed by atoms with Gasteiger partial charge in [0.25, 0.3) is 0 Å². The second-order valence-corrected chi connectivity index (χ2v) is 13.7. The zero-order valence-electron chi connectivity index (χ0n) is 27.4. The van der Waals surface area contributed by atoms with Gasteiger partial charge in [-0.25, -0.2) is 15.0 Å².